The van der Waals surface area contributed by atoms with Crippen LogP contribution >= 0.6 is 0 Å². The molecular formula is C12H16N2. The van der Waals surface area contributed by atoms with E-state index in [9.17, 15) is 0 Å². The van der Waals surface area contributed by atoms with Crippen molar-refractivity contribution >= 4 is 0 Å². The molecule has 3 rings (SSSR count). The summed E-state index contributed by atoms with van der Waals surface area (Å²) in [7, 11) is 0. The fraction of sp³-hybridized carbons (Fsp3) is 0.500. The molecule has 0 aromatic heterocycles. The highest BCUT2D eigenvalue weighted by Crippen LogP contribution is 2.51. The first-order valence-electron chi connectivity index (χ1n) is 5.38. The summed E-state index contributed by atoms with van der Waals surface area (Å²) in [5.41, 5.74) is 17.8. The Balaban J connectivity index is 2.06. The van der Waals surface area contributed by atoms with Gasteiger partial charge in [-0.3, -0.25) is 0 Å². The Hall–Kier alpha value is -0.860. The number of nitrogens with two attached hydrogens (primary N) is 2. The number of rotatable bonds is 2. The van der Waals surface area contributed by atoms with Crippen LogP contribution in [0.4, 0.5) is 0 Å². The maximum Gasteiger partial charge on any atom is 0.00103 e. The Morgan fingerprint density at radius 1 is 1.14 bits per heavy atom. The monoisotopic (exact) mass is 188 g/mol. The molecule has 4 N–H and O–H groups in total. The third-order valence-corrected chi connectivity index (χ3v) is 3.89. The van der Waals surface area contributed by atoms with Gasteiger partial charge in [-0.15, -0.1) is 0 Å². The molecule has 2 atom stereocenters. The highest BCUT2D eigenvalue weighted by molar-refractivity contribution is 5.63. The molecule has 2 nitrogen and oxygen atoms in total. The fourth-order valence-corrected chi connectivity index (χ4v) is 3.18. The molecule has 2 bridgehead atoms. The van der Waals surface area contributed by atoms with Crippen LogP contribution in [0.1, 0.15) is 12.8 Å². The molecule has 3 aliphatic carbocycles. The highest BCUT2D eigenvalue weighted by Gasteiger charge is 2.40. The Labute approximate surface area is 84.3 Å². The lowest BCUT2D eigenvalue weighted by molar-refractivity contribution is 0.440. The van der Waals surface area contributed by atoms with Crippen LogP contribution in [0.25, 0.3) is 0 Å². The molecule has 0 aromatic carbocycles. The van der Waals surface area contributed by atoms with Crippen LogP contribution in [0.5, 0.6) is 0 Å². The minimum Gasteiger partial charge on any atom is -0.330 e. The van der Waals surface area contributed by atoms with Gasteiger partial charge in [-0.1, -0.05) is 12.2 Å². The molecule has 2 heteroatoms. The predicted octanol–water partition coefficient (Wildman–Crippen LogP) is 1.11. The Bertz CT molecular complexity index is 374. The van der Waals surface area contributed by atoms with Crippen molar-refractivity contribution in [3.63, 3.8) is 0 Å². The normalized spacial score (nSPS) is 33.6. The quantitative estimate of drug-likeness (QED) is 0.682. The zero-order chi connectivity index (χ0) is 9.71. The Kier molecular flexibility index (Phi) is 1.70. The average Bonchev–Trinajstić information content (AvgIpc) is 2.87. The van der Waals surface area contributed by atoms with Gasteiger partial charge in [0.2, 0.25) is 0 Å². The van der Waals surface area contributed by atoms with Crippen molar-refractivity contribution in [2.45, 2.75) is 12.8 Å². The summed E-state index contributed by atoms with van der Waals surface area (Å²) in [6, 6.07) is 0. The van der Waals surface area contributed by atoms with Gasteiger partial charge in [-0.25, -0.2) is 0 Å². The standard InChI is InChI=1S/C12H16N2/c13-5-9-4-10-7-1-2-8(3-7)12(10)11(9)6-14/h1-2,9,11H,3-6,13-14H2. The molecule has 0 saturated heterocycles. The van der Waals surface area contributed by atoms with Crippen LogP contribution in [0, 0.1) is 11.8 Å². The summed E-state index contributed by atoms with van der Waals surface area (Å²) >= 11 is 0. The molecule has 0 heterocycles. The third-order valence-electron chi connectivity index (χ3n) is 3.89. The molecule has 0 amide bonds. The van der Waals surface area contributed by atoms with Crippen molar-refractivity contribution in [2.75, 3.05) is 13.1 Å². The van der Waals surface area contributed by atoms with Crippen LogP contribution in [-0.2, 0) is 0 Å². The van der Waals surface area contributed by atoms with Crippen molar-refractivity contribution in [2.24, 2.45) is 23.3 Å². The zero-order valence-corrected chi connectivity index (χ0v) is 8.29. The largest absolute Gasteiger partial charge is 0.330 e. The fourth-order valence-electron chi connectivity index (χ4n) is 3.18. The second-order valence-corrected chi connectivity index (χ2v) is 4.49. The van der Waals surface area contributed by atoms with Gasteiger partial charge in [-0.2, -0.15) is 0 Å². The molecule has 2 unspecified atom stereocenters. The van der Waals surface area contributed by atoms with Crippen molar-refractivity contribution < 1.29 is 0 Å². The van der Waals surface area contributed by atoms with Crippen molar-refractivity contribution in [3.8, 4) is 0 Å². The SMILES string of the molecule is NCC1CC2=C3C=CC(=C2C1CN)C3. The van der Waals surface area contributed by atoms with Gasteiger partial charge in [0.1, 0.15) is 0 Å². The van der Waals surface area contributed by atoms with Gasteiger partial charge in [0, 0.05) is 5.92 Å². The second kappa shape index (κ2) is 2.81. The highest BCUT2D eigenvalue weighted by atomic mass is 14.6. The summed E-state index contributed by atoms with van der Waals surface area (Å²) in [5, 5.41) is 0. The number of allylic oxidation sites excluding steroid dienone is 5. The summed E-state index contributed by atoms with van der Waals surface area (Å²) in [6.45, 7) is 1.53. The molecule has 1 fully saturated rings. The smallest absolute Gasteiger partial charge is 0.00103 e. The first kappa shape index (κ1) is 8.45. The summed E-state index contributed by atoms with van der Waals surface area (Å²) < 4.78 is 0. The zero-order valence-electron chi connectivity index (χ0n) is 8.29. The van der Waals surface area contributed by atoms with E-state index in [0.717, 1.165) is 19.5 Å². The van der Waals surface area contributed by atoms with Gasteiger partial charge in [0.15, 0.2) is 0 Å². The molecule has 1 saturated carbocycles. The second-order valence-electron chi connectivity index (χ2n) is 4.49. The predicted molar refractivity (Wildman–Crippen MR) is 57.5 cm³/mol. The number of hydrogen-bond acceptors (Lipinski definition) is 2. The van der Waals surface area contributed by atoms with Crippen LogP contribution in [-0.4, -0.2) is 13.1 Å². The van der Waals surface area contributed by atoms with Crippen molar-refractivity contribution in [1.82, 2.24) is 0 Å². The van der Waals surface area contributed by atoms with Crippen LogP contribution < -0.4 is 11.5 Å². The Morgan fingerprint density at radius 3 is 2.64 bits per heavy atom. The van der Waals surface area contributed by atoms with E-state index >= 15 is 0 Å². The van der Waals surface area contributed by atoms with Gasteiger partial charge in [0.25, 0.3) is 0 Å². The summed E-state index contributed by atoms with van der Waals surface area (Å²) in [4.78, 5) is 0. The molecule has 14 heavy (non-hydrogen) atoms. The summed E-state index contributed by atoms with van der Waals surface area (Å²) in [6.07, 6.45) is 6.85. The molecule has 0 aliphatic heterocycles. The maximum atomic E-state index is 5.85. The average molecular weight is 188 g/mol. The van der Waals surface area contributed by atoms with Gasteiger partial charge >= 0.3 is 0 Å². The minimum atomic E-state index is 0.535. The number of hydrogen-bond donors (Lipinski definition) is 2. The molecule has 74 valence electrons. The van der Waals surface area contributed by atoms with E-state index in [1.165, 1.54) is 17.6 Å². The van der Waals surface area contributed by atoms with E-state index in [1.807, 2.05) is 0 Å². The maximum absolute atomic E-state index is 5.85. The van der Waals surface area contributed by atoms with E-state index < -0.39 is 0 Å². The molecule has 0 aromatic rings. The molecular weight excluding hydrogens is 172 g/mol. The van der Waals surface area contributed by atoms with Gasteiger partial charge < -0.3 is 11.5 Å². The number of fused-ring (bicyclic) bond motifs is 3. The molecule has 0 radical (unpaired) electrons. The van der Waals surface area contributed by atoms with Crippen molar-refractivity contribution in [3.05, 3.63) is 34.4 Å². The Morgan fingerprint density at radius 2 is 1.93 bits per heavy atom. The summed E-state index contributed by atoms with van der Waals surface area (Å²) in [5.74, 6) is 1.13. The van der Waals surface area contributed by atoms with Gasteiger partial charge in [0.05, 0.1) is 0 Å². The van der Waals surface area contributed by atoms with Crippen molar-refractivity contribution in [1.29, 1.82) is 0 Å². The topological polar surface area (TPSA) is 52.0 Å². The minimum absolute atomic E-state index is 0.535. The van der Waals surface area contributed by atoms with E-state index in [4.69, 9.17) is 11.5 Å². The van der Waals surface area contributed by atoms with E-state index in [-0.39, 0.29) is 0 Å². The lowest BCUT2D eigenvalue weighted by Gasteiger charge is -2.17. The lowest BCUT2D eigenvalue weighted by Crippen LogP contribution is -2.25. The molecule has 0 spiro atoms. The van der Waals surface area contributed by atoms with Crippen LogP contribution in [0.2, 0.25) is 0 Å². The third kappa shape index (κ3) is 0.877. The lowest BCUT2D eigenvalue weighted by atomic mass is 9.91. The molecule has 3 aliphatic rings. The van der Waals surface area contributed by atoms with E-state index in [0.29, 0.717) is 11.8 Å². The van der Waals surface area contributed by atoms with Crippen LogP contribution in [0.15, 0.2) is 34.4 Å². The first-order chi connectivity index (χ1) is 6.85. The van der Waals surface area contributed by atoms with E-state index in [2.05, 4.69) is 12.2 Å². The van der Waals surface area contributed by atoms with Gasteiger partial charge in [-0.05, 0) is 54.1 Å². The van der Waals surface area contributed by atoms with Crippen LogP contribution in [0.3, 0.4) is 0 Å². The van der Waals surface area contributed by atoms with E-state index in [1.54, 1.807) is 11.1 Å². The first-order valence-corrected chi connectivity index (χ1v) is 5.38.